The number of anilines is 2. The van der Waals surface area contributed by atoms with E-state index >= 15 is 0 Å². The molecule has 2 aliphatic rings. The van der Waals surface area contributed by atoms with E-state index in [2.05, 4.69) is 6.07 Å². The Hall–Kier alpha value is -3.80. The Kier molecular flexibility index (Phi) is 6.45. The van der Waals surface area contributed by atoms with Gasteiger partial charge in [-0.25, -0.2) is 14.5 Å². The van der Waals surface area contributed by atoms with E-state index in [-0.39, 0.29) is 24.1 Å². The topological polar surface area (TPSA) is 65.1 Å². The van der Waals surface area contributed by atoms with Crippen LogP contribution >= 0.6 is 0 Å². The third-order valence-electron chi connectivity index (χ3n) is 6.95. The van der Waals surface area contributed by atoms with E-state index in [1.54, 1.807) is 11.8 Å². The van der Waals surface area contributed by atoms with Crippen LogP contribution in [-0.4, -0.2) is 31.9 Å². The molecule has 3 aromatic carbocycles. The molecule has 1 fully saturated rings. The third-order valence-corrected chi connectivity index (χ3v) is 6.95. The first kappa shape index (κ1) is 23.0. The van der Waals surface area contributed by atoms with E-state index in [4.69, 9.17) is 14.2 Å². The molecule has 3 aromatic rings. The molecule has 0 aliphatic heterocycles. The fourth-order valence-corrected chi connectivity index (χ4v) is 5.10. The molecule has 6 heteroatoms. The molecular formula is C29H29NO5. The Balaban J connectivity index is 1.28. The lowest BCUT2D eigenvalue weighted by Crippen LogP contribution is -2.30. The summed E-state index contributed by atoms with van der Waals surface area (Å²) in [6, 6.07) is 25.1. The van der Waals surface area contributed by atoms with Crippen molar-refractivity contribution in [3.63, 3.8) is 0 Å². The third kappa shape index (κ3) is 4.74. The summed E-state index contributed by atoms with van der Waals surface area (Å²) in [6.07, 6.45) is 2.34. The van der Waals surface area contributed by atoms with Gasteiger partial charge in [-0.05, 0) is 73.6 Å². The number of benzene rings is 3. The molecule has 0 radical (unpaired) electrons. The zero-order valence-corrected chi connectivity index (χ0v) is 19.8. The molecule has 0 N–H and O–H groups in total. The molecule has 5 rings (SSSR count). The first-order valence-electron chi connectivity index (χ1n) is 12.1. The van der Waals surface area contributed by atoms with Crippen molar-refractivity contribution in [2.75, 3.05) is 24.7 Å². The number of nitrogens with zero attached hydrogens (tertiary/aromatic N) is 1. The van der Waals surface area contributed by atoms with Crippen molar-refractivity contribution >= 4 is 23.4 Å². The quantitative estimate of drug-likeness (QED) is 0.376. The Labute approximate surface area is 205 Å². The van der Waals surface area contributed by atoms with Crippen molar-refractivity contribution in [2.45, 2.75) is 32.1 Å². The maximum atomic E-state index is 13.3. The molecule has 0 aromatic heterocycles. The molecular weight excluding hydrogens is 442 g/mol. The summed E-state index contributed by atoms with van der Waals surface area (Å²) in [4.78, 5) is 26.6. The Morgan fingerprint density at radius 3 is 2.26 bits per heavy atom. The molecule has 2 unspecified atom stereocenters. The minimum atomic E-state index is -0.375. The van der Waals surface area contributed by atoms with Crippen molar-refractivity contribution < 1.29 is 23.8 Å². The number of carbonyl (C=O) groups excluding carboxylic acids is 2. The number of ether oxygens (including phenoxy) is 3. The standard InChI is InChI=1S/C29H29NO5/c1-2-33-27(31)19-34-26-15-9-14-23-24(26)16-17-29(18-25(23)29)20-35-28(32)30(21-10-5-3-6-11-21)22-12-7-4-8-13-22/h3-15,25H,2,16-20H2,1H3. The summed E-state index contributed by atoms with van der Waals surface area (Å²) in [5, 5.41) is 0. The van der Waals surface area contributed by atoms with E-state index in [9.17, 15) is 9.59 Å². The number of amides is 1. The summed E-state index contributed by atoms with van der Waals surface area (Å²) < 4.78 is 16.7. The monoisotopic (exact) mass is 471 g/mol. The first-order valence-corrected chi connectivity index (χ1v) is 12.1. The van der Waals surface area contributed by atoms with E-state index in [1.807, 2.05) is 72.8 Å². The zero-order valence-electron chi connectivity index (χ0n) is 19.8. The minimum absolute atomic E-state index is 0.0402. The van der Waals surface area contributed by atoms with Gasteiger partial charge < -0.3 is 14.2 Å². The largest absolute Gasteiger partial charge is 0.482 e. The van der Waals surface area contributed by atoms with Gasteiger partial charge in [0.25, 0.3) is 0 Å². The van der Waals surface area contributed by atoms with Crippen LogP contribution in [0.15, 0.2) is 78.9 Å². The highest BCUT2D eigenvalue weighted by molar-refractivity contribution is 5.95. The number of rotatable bonds is 8. The summed E-state index contributed by atoms with van der Waals surface area (Å²) in [7, 11) is 0. The smallest absolute Gasteiger partial charge is 0.418 e. The van der Waals surface area contributed by atoms with Gasteiger partial charge in [0, 0.05) is 5.41 Å². The Morgan fingerprint density at radius 1 is 0.914 bits per heavy atom. The first-order chi connectivity index (χ1) is 17.1. The van der Waals surface area contributed by atoms with E-state index < -0.39 is 0 Å². The molecule has 180 valence electrons. The highest BCUT2D eigenvalue weighted by atomic mass is 16.6. The molecule has 0 spiro atoms. The molecule has 1 amide bonds. The van der Waals surface area contributed by atoms with Crippen molar-refractivity contribution in [2.24, 2.45) is 5.41 Å². The zero-order chi connectivity index (χ0) is 24.3. The second kappa shape index (κ2) is 9.82. The van der Waals surface area contributed by atoms with Crippen LogP contribution in [0.4, 0.5) is 16.2 Å². The molecule has 6 nitrogen and oxygen atoms in total. The van der Waals surface area contributed by atoms with E-state index in [0.29, 0.717) is 19.1 Å². The van der Waals surface area contributed by atoms with Crippen molar-refractivity contribution in [3.8, 4) is 5.75 Å². The average molecular weight is 472 g/mol. The summed E-state index contributed by atoms with van der Waals surface area (Å²) in [5.41, 5.74) is 3.88. The van der Waals surface area contributed by atoms with Crippen molar-refractivity contribution in [3.05, 3.63) is 90.0 Å². The fourth-order valence-electron chi connectivity index (χ4n) is 5.10. The molecule has 0 bridgehead atoms. The van der Waals surface area contributed by atoms with Crippen LogP contribution in [0.1, 0.15) is 36.8 Å². The van der Waals surface area contributed by atoms with Crippen LogP contribution in [0.5, 0.6) is 5.75 Å². The van der Waals surface area contributed by atoms with Crippen LogP contribution in [-0.2, 0) is 20.7 Å². The van der Waals surface area contributed by atoms with Crippen molar-refractivity contribution in [1.82, 2.24) is 0 Å². The van der Waals surface area contributed by atoms with Gasteiger partial charge in [-0.3, -0.25) is 0 Å². The number of carbonyl (C=O) groups is 2. The second-order valence-electron chi connectivity index (χ2n) is 9.10. The predicted octanol–water partition coefficient (Wildman–Crippen LogP) is 6.02. The predicted molar refractivity (Wildman–Crippen MR) is 133 cm³/mol. The number of esters is 1. The Bertz CT molecular complexity index is 1160. The van der Waals surface area contributed by atoms with Gasteiger partial charge in [0.05, 0.1) is 24.6 Å². The van der Waals surface area contributed by atoms with E-state index in [1.165, 1.54) is 5.56 Å². The van der Waals surface area contributed by atoms with Gasteiger partial charge in [0.15, 0.2) is 6.61 Å². The van der Waals surface area contributed by atoms with Crippen LogP contribution in [0.25, 0.3) is 0 Å². The number of hydrogen-bond donors (Lipinski definition) is 0. The molecule has 35 heavy (non-hydrogen) atoms. The summed E-state index contributed by atoms with van der Waals surface area (Å²) in [6.45, 7) is 2.40. The minimum Gasteiger partial charge on any atom is -0.482 e. The highest BCUT2D eigenvalue weighted by Crippen LogP contribution is 2.66. The molecule has 0 saturated heterocycles. The lowest BCUT2D eigenvalue weighted by atomic mass is 9.83. The van der Waals surface area contributed by atoms with E-state index in [0.717, 1.165) is 42.0 Å². The Morgan fingerprint density at radius 2 is 1.60 bits per heavy atom. The lowest BCUT2D eigenvalue weighted by Gasteiger charge is -2.27. The normalized spacial score (nSPS) is 19.6. The van der Waals surface area contributed by atoms with Crippen LogP contribution in [0, 0.1) is 5.41 Å². The number of hydrogen-bond acceptors (Lipinski definition) is 5. The SMILES string of the molecule is CCOC(=O)COc1cccc2c1CCC1(COC(=O)N(c3ccccc3)c3ccccc3)CC21. The van der Waals surface area contributed by atoms with Gasteiger partial charge in [0.2, 0.25) is 0 Å². The summed E-state index contributed by atoms with van der Waals surface area (Å²) in [5.74, 6) is 0.703. The summed E-state index contributed by atoms with van der Waals surface area (Å²) >= 11 is 0. The van der Waals surface area contributed by atoms with Gasteiger partial charge in [-0.15, -0.1) is 0 Å². The van der Waals surface area contributed by atoms with Gasteiger partial charge in [-0.1, -0.05) is 48.5 Å². The van der Waals surface area contributed by atoms with Crippen molar-refractivity contribution in [1.29, 1.82) is 0 Å². The van der Waals surface area contributed by atoms with Crippen LogP contribution in [0.2, 0.25) is 0 Å². The maximum absolute atomic E-state index is 13.3. The molecule has 2 aliphatic carbocycles. The average Bonchev–Trinajstić information content (AvgIpc) is 3.64. The highest BCUT2D eigenvalue weighted by Gasteiger charge is 2.58. The van der Waals surface area contributed by atoms with Gasteiger partial charge in [0.1, 0.15) is 5.75 Å². The maximum Gasteiger partial charge on any atom is 0.418 e. The number of para-hydroxylation sites is 2. The van der Waals surface area contributed by atoms with Gasteiger partial charge in [-0.2, -0.15) is 0 Å². The molecule has 1 saturated carbocycles. The fraction of sp³-hybridized carbons (Fsp3) is 0.310. The molecule has 0 heterocycles. The second-order valence-corrected chi connectivity index (χ2v) is 9.10. The number of fused-ring (bicyclic) bond motifs is 3. The van der Waals surface area contributed by atoms with Crippen LogP contribution in [0.3, 0.4) is 0 Å². The van der Waals surface area contributed by atoms with Crippen LogP contribution < -0.4 is 9.64 Å². The molecule has 2 atom stereocenters. The van der Waals surface area contributed by atoms with Gasteiger partial charge >= 0.3 is 12.1 Å². The lowest BCUT2D eigenvalue weighted by molar-refractivity contribution is -0.145.